The van der Waals surface area contributed by atoms with Gasteiger partial charge in [0.15, 0.2) is 0 Å². The lowest BCUT2D eigenvalue weighted by atomic mass is 9.76. The Balaban J connectivity index is 2.21. The largest absolute Gasteiger partial charge is 0.494 e. The third-order valence-corrected chi connectivity index (χ3v) is 2.78. The molecule has 0 saturated carbocycles. The Kier molecular flexibility index (Phi) is 2.61. The maximum Gasteiger partial charge on any atom is 0.494 e. The summed E-state index contributed by atoms with van der Waals surface area (Å²) >= 11 is 0. The monoisotopic (exact) mass is 190 g/mol. The topological polar surface area (TPSA) is 18.5 Å². The number of hydrogen-bond donors (Lipinski definition) is 0. The van der Waals surface area contributed by atoms with Gasteiger partial charge in [-0.05, 0) is 26.2 Å². The Morgan fingerprint density at radius 3 is 2.21 bits per heavy atom. The summed E-state index contributed by atoms with van der Waals surface area (Å²) in [5, 5.41) is 0. The highest BCUT2D eigenvalue weighted by Crippen LogP contribution is 2.16. The molecule has 2 nitrogen and oxygen atoms in total. The molecule has 0 unspecified atom stereocenters. The summed E-state index contributed by atoms with van der Waals surface area (Å²) in [6.45, 7) is 6.17. The molecule has 0 amide bonds. The average Bonchev–Trinajstić information content (AvgIpc) is 2.48. The molecule has 0 bridgehead atoms. The van der Waals surface area contributed by atoms with Crippen LogP contribution in [0.2, 0.25) is 0 Å². The maximum absolute atomic E-state index is 5.72. The first-order valence-corrected chi connectivity index (χ1v) is 5.05. The van der Waals surface area contributed by atoms with Gasteiger partial charge in [0.2, 0.25) is 0 Å². The predicted molar refractivity (Wildman–Crippen MR) is 57.7 cm³/mol. The molecule has 1 saturated heterocycles. The molecule has 1 fully saturated rings. The van der Waals surface area contributed by atoms with Crippen LogP contribution in [0.25, 0.3) is 0 Å². The van der Waals surface area contributed by atoms with Crippen molar-refractivity contribution in [3.63, 3.8) is 0 Å². The predicted octanol–water partition coefficient (Wildman–Crippen LogP) is 1.51. The normalized spacial score (nSPS) is 26.9. The Bertz CT molecular complexity index is 317. The summed E-state index contributed by atoms with van der Waals surface area (Å²) in [7, 11) is -0.179. The molecule has 1 aromatic carbocycles. The molecule has 1 heterocycles. The van der Waals surface area contributed by atoms with Crippen molar-refractivity contribution < 1.29 is 9.31 Å². The van der Waals surface area contributed by atoms with E-state index in [4.69, 9.17) is 9.31 Å². The summed E-state index contributed by atoms with van der Waals surface area (Å²) in [6.07, 6.45) is 0.360. The molecule has 14 heavy (non-hydrogen) atoms. The summed E-state index contributed by atoms with van der Waals surface area (Å²) in [6, 6.07) is 8.18. The SMILES string of the molecule is Cc1ccccc1B1O[C@@H](C)[C@H](C)O1. The zero-order valence-corrected chi connectivity index (χ0v) is 8.86. The van der Waals surface area contributed by atoms with Crippen molar-refractivity contribution in [3.8, 4) is 0 Å². The minimum Gasteiger partial charge on any atom is -0.402 e. The van der Waals surface area contributed by atoms with E-state index >= 15 is 0 Å². The fourth-order valence-corrected chi connectivity index (χ4v) is 1.64. The van der Waals surface area contributed by atoms with E-state index in [1.807, 2.05) is 26.0 Å². The second-order valence-corrected chi connectivity index (χ2v) is 3.87. The number of benzene rings is 1. The fraction of sp³-hybridized carbons (Fsp3) is 0.455. The standard InChI is InChI=1S/C11H15BO2/c1-8-6-4-5-7-11(8)12-13-9(2)10(3)14-12/h4-7,9-10H,1-3H3/t9-,10-/m0/s1. The molecule has 0 aliphatic carbocycles. The average molecular weight is 190 g/mol. The molecule has 2 rings (SSSR count). The van der Waals surface area contributed by atoms with E-state index in [1.54, 1.807) is 0 Å². The van der Waals surface area contributed by atoms with Crippen molar-refractivity contribution in [2.75, 3.05) is 0 Å². The number of aryl methyl sites for hydroxylation is 1. The smallest absolute Gasteiger partial charge is 0.402 e. The highest BCUT2D eigenvalue weighted by atomic mass is 16.7. The highest BCUT2D eigenvalue weighted by molar-refractivity contribution is 6.62. The van der Waals surface area contributed by atoms with Gasteiger partial charge in [0.05, 0.1) is 12.2 Å². The summed E-state index contributed by atoms with van der Waals surface area (Å²) in [5.74, 6) is 0. The number of hydrogen-bond acceptors (Lipinski definition) is 2. The van der Waals surface area contributed by atoms with Crippen molar-refractivity contribution in [2.45, 2.75) is 33.0 Å². The first-order chi connectivity index (χ1) is 6.68. The van der Waals surface area contributed by atoms with E-state index in [-0.39, 0.29) is 19.3 Å². The first kappa shape index (κ1) is 9.75. The molecule has 0 spiro atoms. The third-order valence-electron chi connectivity index (χ3n) is 2.78. The second-order valence-electron chi connectivity index (χ2n) is 3.87. The second kappa shape index (κ2) is 3.75. The molecule has 0 N–H and O–H groups in total. The Hall–Kier alpha value is -0.795. The van der Waals surface area contributed by atoms with Crippen LogP contribution < -0.4 is 5.46 Å². The van der Waals surface area contributed by atoms with E-state index in [1.165, 1.54) is 5.56 Å². The lowest BCUT2D eigenvalue weighted by Crippen LogP contribution is -2.34. The van der Waals surface area contributed by atoms with Gasteiger partial charge < -0.3 is 9.31 Å². The quantitative estimate of drug-likeness (QED) is 0.625. The van der Waals surface area contributed by atoms with Gasteiger partial charge in [0, 0.05) is 0 Å². The maximum atomic E-state index is 5.72. The molecular weight excluding hydrogens is 175 g/mol. The van der Waals surface area contributed by atoms with E-state index < -0.39 is 0 Å². The van der Waals surface area contributed by atoms with E-state index in [2.05, 4.69) is 19.1 Å². The van der Waals surface area contributed by atoms with E-state index in [0.717, 1.165) is 5.46 Å². The lowest BCUT2D eigenvalue weighted by Gasteiger charge is -2.07. The molecule has 1 aliphatic rings. The van der Waals surface area contributed by atoms with Crippen molar-refractivity contribution >= 4 is 12.6 Å². The summed E-state index contributed by atoms with van der Waals surface area (Å²) in [5.41, 5.74) is 2.36. The zero-order valence-electron chi connectivity index (χ0n) is 8.86. The van der Waals surface area contributed by atoms with Crippen LogP contribution in [0.15, 0.2) is 24.3 Å². The molecule has 1 aromatic rings. The van der Waals surface area contributed by atoms with Crippen LogP contribution in [0, 0.1) is 6.92 Å². The minimum atomic E-state index is -0.179. The van der Waals surface area contributed by atoms with Gasteiger partial charge in [-0.15, -0.1) is 0 Å². The van der Waals surface area contributed by atoms with Crippen LogP contribution in [0.3, 0.4) is 0 Å². The van der Waals surface area contributed by atoms with Gasteiger partial charge in [0.25, 0.3) is 0 Å². The zero-order chi connectivity index (χ0) is 10.1. The van der Waals surface area contributed by atoms with Crippen LogP contribution >= 0.6 is 0 Å². The van der Waals surface area contributed by atoms with Crippen LogP contribution in [-0.4, -0.2) is 19.3 Å². The summed E-state index contributed by atoms with van der Waals surface area (Å²) < 4.78 is 11.4. The Morgan fingerprint density at radius 1 is 1.07 bits per heavy atom. The summed E-state index contributed by atoms with van der Waals surface area (Å²) in [4.78, 5) is 0. The van der Waals surface area contributed by atoms with Gasteiger partial charge in [-0.25, -0.2) is 0 Å². The molecule has 0 aromatic heterocycles. The van der Waals surface area contributed by atoms with Crippen molar-refractivity contribution in [1.82, 2.24) is 0 Å². The van der Waals surface area contributed by atoms with Crippen LogP contribution in [0.5, 0.6) is 0 Å². The van der Waals surface area contributed by atoms with Gasteiger partial charge >= 0.3 is 7.12 Å². The van der Waals surface area contributed by atoms with Gasteiger partial charge in [-0.1, -0.05) is 29.8 Å². The van der Waals surface area contributed by atoms with Crippen LogP contribution in [0.1, 0.15) is 19.4 Å². The van der Waals surface area contributed by atoms with Crippen molar-refractivity contribution in [2.24, 2.45) is 0 Å². The number of rotatable bonds is 1. The van der Waals surface area contributed by atoms with Crippen LogP contribution in [0.4, 0.5) is 0 Å². The molecule has 3 heteroatoms. The Morgan fingerprint density at radius 2 is 1.64 bits per heavy atom. The van der Waals surface area contributed by atoms with Crippen molar-refractivity contribution in [3.05, 3.63) is 29.8 Å². The lowest BCUT2D eigenvalue weighted by molar-refractivity contribution is 0.187. The first-order valence-electron chi connectivity index (χ1n) is 5.05. The molecular formula is C11H15BO2. The third kappa shape index (κ3) is 1.70. The molecule has 2 atom stereocenters. The molecule has 1 aliphatic heterocycles. The van der Waals surface area contributed by atoms with Gasteiger partial charge in [-0.2, -0.15) is 0 Å². The minimum absolute atomic E-state index is 0.179. The van der Waals surface area contributed by atoms with Crippen LogP contribution in [-0.2, 0) is 9.31 Å². The molecule has 74 valence electrons. The van der Waals surface area contributed by atoms with Gasteiger partial charge in [0.1, 0.15) is 0 Å². The van der Waals surface area contributed by atoms with E-state index in [0.29, 0.717) is 0 Å². The van der Waals surface area contributed by atoms with Gasteiger partial charge in [-0.3, -0.25) is 0 Å². The highest BCUT2D eigenvalue weighted by Gasteiger charge is 2.36. The molecule has 0 radical (unpaired) electrons. The van der Waals surface area contributed by atoms with Crippen molar-refractivity contribution in [1.29, 1.82) is 0 Å². The van der Waals surface area contributed by atoms with E-state index in [9.17, 15) is 0 Å². The Labute approximate surface area is 85.4 Å². The fourth-order valence-electron chi connectivity index (χ4n) is 1.64.